The van der Waals surface area contributed by atoms with E-state index in [9.17, 15) is 0 Å². The zero-order chi connectivity index (χ0) is 18.6. The molecule has 1 aromatic carbocycles. The van der Waals surface area contributed by atoms with Crippen LogP contribution in [0.3, 0.4) is 0 Å². The maximum Gasteiger partial charge on any atom is 0.0697 e. The van der Waals surface area contributed by atoms with Gasteiger partial charge in [-0.3, -0.25) is 9.98 Å². The maximum atomic E-state index is 6.47. The first-order valence-electron chi connectivity index (χ1n) is 8.98. The minimum atomic E-state index is 0.646. The smallest absolute Gasteiger partial charge is 0.0697 e. The Morgan fingerprint density at radius 3 is 2.59 bits per heavy atom. The van der Waals surface area contributed by atoms with Crippen LogP contribution in [0.5, 0.6) is 0 Å². The van der Waals surface area contributed by atoms with Crippen molar-refractivity contribution in [3.8, 4) is 0 Å². The second-order valence-corrected chi connectivity index (χ2v) is 7.31. The molecule has 0 aliphatic carbocycles. The van der Waals surface area contributed by atoms with Crippen LogP contribution in [0.25, 0.3) is 5.57 Å². The van der Waals surface area contributed by atoms with Crippen molar-refractivity contribution in [2.45, 2.75) is 19.3 Å². The van der Waals surface area contributed by atoms with Gasteiger partial charge in [-0.25, -0.2) is 0 Å². The molecule has 1 aliphatic rings. The van der Waals surface area contributed by atoms with Gasteiger partial charge in [0.15, 0.2) is 0 Å². The number of aliphatic imine (C=N–C) groups is 1. The molecule has 4 rings (SSSR count). The molecule has 0 amide bonds. The lowest BCUT2D eigenvalue weighted by atomic mass is 9.88. The molecule has 0 saturated carbocycles. The predicted octanol–water partition coefficient (Wildman–Crippen LogP) is 6.00. The quantitative estimate of drug-likeness (QED) is 0.578. The third-order valence-corrected chi connectivity index (χ3v) is 5.49. The average Bonchev–Trinajstić information content (AvgIpc) is 3.23. The van der Waals surface area contributed by atoms with Gasteiger partial charge in [0.1, 0.15) is 0 Å². The number of aromatic amines is 1. The van der Waals surface area contributed by atoms with Crippen molar-refractivity contribution in [2.24, 2.45) is 4.99 Å². The van der Waals surface area contributed by atoms with Crippen LogP contribution >= 0.6 is 23.2 Å². The molecule has 0 saturated heterocycles. The summed E-state index contributed by atoms with van der Waals surface area (Å²) in [5.41, 5.74) is 6.47. The topological polar surface area (TPSA) is 41.0 Å². The molecule has 136 valence electrons. The molecule has 3 nitrogen and oxygen atoms in total. The highest BCUT2D eigenvalue weighted by Gasteiger charge is 2.21. The first-order chi connectivity index (χ1) is 13.2. The van der Waals surface area contributed by atoms with Crippen molar-refractivity contribution in [3.63, 3.8) is 0 Å². The fourth-order valence-electron chi connectivity index (χ4n) is 3.48. The minimum absolute atomic E-state index is 0.646. The SMILES string of the molecule is Clc1cccc(Cl)c1CC(=C1CCCN=C1c1cccnc1)c1ccc[nH]1. The fraction of sp³-hybridized carbons (Fsp3) is 0.182. The van der Waals surface area contributed by atoms with E-state index in [1.165, 1.54) is 11.1 Å². The van der Waals surface area contributed by atoms with Crippen LogP contribution in [-0.4, -0.2) is 22.2 Å². The van der Waals surface area contributed by atoms with Gasteiger partial charge < -0.3 is 4.98 Å². The summed E-state index contributed by atoms with van der Waals surface area (Å²) in [4.78, 5) is 12.5. The molecule has 3 heterocycles. The zero-order valence-corrected chi connectivity index (χ0v) is 16.3. The molecule has 0 radical (unpaired) electrons. The third kappa shape index (κ3) is 3.85. The summed E-state index contributed by atoms with van der Waals surface area (Å²) in [6, 6.07) is 13.7. The highest BCUT2D eigenvalue weighted by atomic mass is 35.5. The molecule has 0 unspecified atom stereocenters. The van der Waals surface area contributed by atoms with Gasteiger partial charge in [0.2, 0.25) is 0 Å². The van der Waals surface area contributed by atoms with E-state index in [2.05, 4.69) is 22.1 Å². The number of halogens is 2. The van der Waals surface area contributed by atoms with Gasteiger partial charge in [0.25, 0.3) is 0 Å². The monoisotopic (exact) mass is 395 g/mol. The highest BCUT2D eigenvalue weighted by molar-refractivity contribution is 6.36. The lowest BCUT2D eigenvalue weighted by molar-refractivity contribution is 0.814. The van der Waals surface area contributed by atoms with E-state index in [1.807, 2.05) is 42.7 Å². The Morgan fingerprint density at radius 2 is 1.89 bits per heavy atom. The molecule has 0 fully saturated rings. The summed E-state index contributed by atoms with van der Waals surface area (Å²) in [5, 5.41) is 1.37. The zero-order valence-electron chi connectivity index (χ0n) is 14.8. The molecule has 0 spiro atoms. The second kappa shape index (κ2) is 8.12. The van der Waals surface area contributed by atoms with Crippen molar-refractivity contribution < 1.29 is 0 Å². The van der Waals surface area contributed by atoms with Crippen molar-refractivity contribution in [1.29, 1.82) is 0 Å². The largest absolute Gasteiger partial charge is 0.361 e. The Hall–Kier alpha value is -2.36. The third-order valence-electron chi connectivity index (χ3n) is 4.78. The van der Waals surface area contributed by atoms with Gasteiger partial charge in [-0.1, -0.05) is 29.3 Å². The van der Waals surface area contributed by atoms with Crippen LogP contribution in [0.4, 0.5) is 0 Å². The van der Waals surface area contributed by atoms with E-state index in [0.717, 1.165) is 41.9 Å². The standard InChI is InChI=1S/C22H19Cl2N3/c23-19-7-1-8-20(24)18(19)13-17(21-9-4-11-26-21)16-6-3-12-27-22(16)15-5-2-10-25-14-15/h1-2,4-5,7-11,14,26H,3,6,12-13H2. The maximum absolute atomic E-state index is 6.47. The first-order valence-corrected chi connectivity index (χ1v) is 9.73. The molecule has 0 bridgehead atoms. The summed E-state index contributed by atoms with van der Waals surface area (Å²) in [6.45, 7) is 0.832. The Balaban J connectivity index is 1.87. The Morgan fingerprint density at radius 1 is 1.04 bits per heavy atom. The fourth-order valence-corrected chi connectivity index (χ4v) is 4.01. The molecular weight excluding hydrogens is 377 g/mol. The number of nitrogens with zero attached hydrogens (tertiary/aromatic N) is 2. The number of hydrogen-bond donors (Lipinski definition) is 1. The van der Waals surface area contributed by atoms with Crippen molar-refractivity contribution >= 4 is 34.5 Å². The molecule has 27 heavy (non-hydrogen) atoms. The normalized spacial score (nSPS) is 16.1. The number of H-pyrrole nitrogens is 1. The number of pyridine rings is 1. The van der Waals surface area contributed by atoms with Crippen LogP contribution in [0.15, 0.2) is 71.6 Å². The molecular formula is C22H19Cl2N3. The Labute approximate surface area is 168 Å². The predicted molar refractivity (Wildman–Crippen MR) is 113 cm³/mol. The summed E-state index contributed by atoms with van der Waals surface area (Å²) >= 11 is 12.9. The Bertz CT molecular complexity index is 969. The summed E-state index contributed by atoms with van der Waals surface area (Å²) in [7, 11) is 0. The van der Waals surface area contributed by atoms with Crippen LogP contribution in [0, 0.1) is 0 Å². The number of rotatable bonds is 4. The average molecular weight is 396 g/mol. The number of allylic oxidation sites excluding steroid dienone is 2. The molecule has 1 aliphatic heterocycles. The van der Waals surface area contributed by atoms with E-state index in [0.29, 0.717) is 16.5 Å². The summed E-state index contributed by atoms with van der Waals surface area (Å²) in [5.74, 6) is 0. The minimum Gasteiger partial charge on any atom is -0.361 e. The Kier molecular flexibility index (Phi) is 5.42. The van der Waals surface area contributed by atoms with Gasteiger partial charge in [0.05, 0.1) is 5.71 Å². The van der Waals surface area contributed by atoms with Crippen molar-refractivity contribution in [3.05, 3.63) is 93.5 Å². The van der Waals surface area contributed by atoms with Gasteiger partial charge in [0, 0.05) is 52.9 Å². The number of aromatic nitrogens is 2. The van der Waals surface area contributed by atoms with Crippen LogP contribution < -0.4 is 0 Å². The van der Waals surface area contributed by atoms with Gasteiger partial charge in [-0.15, -0.1) is 0 Å². The summed E-state index contributed by atoms with van der Waals surface area (Å²) in [6.07, 6.45) is 8.23. The van der Waals surface area contributed by atoms with Crippen LogP contribution in [0.1, 0.15) is 29.7 Å². The molecule has 2 aromatic heterocycles. The van der Waals surface area contributed by atoms with E-state index in [-0.39, 0.29) is 0 Å². The highest BCUT2D eigenvalue weighted by Crippen LogP contribution is 2.34. The molecule has 0 atom stereocenters. The lowest BCUT2D eigenvalue weighted by Crippen LogP contribution is -2.15. The van der Waals surface area contributed by atoms with Gasteiger partial charge in [-0.2, -0.15) is 0 Å². The van der Waals surface area contributed by atoms with Crippen molar-refractivity contribution in [2.75, 3.05) is 6.54 Å². The van der Waals surface area contributed by atoms with Gasteiger partial charge in [-0.05, 0) is 65.9 Å². The first kappa shape index (κ1) is 18.0. The van der Waals surface area contributed by atoms with Crippen LogP contribution in [-0.2, 0) is 6.42 Å². The van der Waals surface area contributed by atoms with Crippen molar-refractivity contribution in [1.82, 2.24) is 9.97 Å². The van der Waals surface area contributed by atoms with E-state index >= 15 is 0 Å². The van der Waals surface area contributed by atoms with E-state index in [1.54, 1.807) is 6.20 Å². The van der Waals surface area contributed by atoms with Crippen LogP contribution in [0.2, 0.25) is 10.0 Å². The van der Waals surface area contributed by atoms with E-state index < -0.39 is 0 Å². The van der Waals surface area contributed by atoms with E-state index in [4.69, 9.17) is 28.2 Å². The number of benzene rings is 1. The summed E-state index contributed by atoms with van der Waals surface area (Å²) < 4.78 is 0. The number of hydrogen-bond acceptors (Lipinski definition) is 2. The molecule has 3 aromatic rings. The van der Waals surface area contributed by atoms with Gasteiger partial charge >= 0.3 is 0 Å². The lowest BCUT2D eigenvalue weighted by Gasteiger charge is -2.21. The number of nitrogens with one attached hydrogen (secondary N) is 1. The second-order valence-electron chi connectivity index (χ2n) is 6.49. The molecule has 5 heteroatoms. The molecule has 1 N–H and O–H groups in total.